The third-order valence-corrected chi connectivity index (χ3v) is 5.55. The lowest BCUT2D eigenvalue weighted by molar-refractivity contribution is 0.433. The number of sulfonamides is 1. The number of halogens is 3. The van der Waals surface area contributed by atoms with Gasteiger partial charge in [0, 0.05) is 6.07 Å². The van der Waals surface area contributed by atoms with Crippen LogP contribution in [0.2, 0.25) is 0 Å². The Morgan fingerprint density at radius 2 is 1.58 bits per heavy atom. The van der Waals surface area contributed by atoms with E-state index < -0.39 is 33.0 Å². The van der Waals surface area contributed by atoms with Gasteiger partial charge in [0.05, 0.1) is 22.3 Å². The van der Waals surface area contributed by atoms with Crippen molar-refractivity contribution in [2.75, 3.05) is 0 Å². The molecule has 3 aromatic carbocycles. The third-order valence-electron chi connectivity index (χ3n) is 4.62. The number of ether oxygens (including phenoxy) is 1. The molecule has 0 spiro atoms. The van der Waals surface area contributed by atoms with Gasteiger partial charge in [-0.2, -0.15) is 9.78 Å². The van der Waals surface area contributed by atoms with Crippen molar-refractivity contribution >= 4 is 10.0 Å². The molecule has 11 heteroatoms. The Bertz CT molecular complexity index is 1520. The second-order valence-electron chi connectivity index (χ2n) is 6.80. The van der Waals surface area contributed by atoms with E-state index in [1.165, 1.54) is 48.7 Å². The molecule has 0 aliphatic heterocycles. The van der Waals surface area contributed by atoms with Crippen LogP contribution in [0.15, 0.2) is 82.6 Å². The molecule has 0 bridgehead atoms. The first-order valence-electron chi connectivity index (χ1n) is 9.28. The summed E-state index contributed by atoms with van der Waals surface area (Å²) >= 11 is 0. The second kappa shape index (κ2) is 8.52. The smallest absolute Gasteiger partial charge is 0.315 e. The minimum Gasteiger partial charge on any atom is -0.448 e. The minimum atomic E-state index is -3.95. The first-order valence-corrected chi connectivity index (χ1v) is 10.8. The Morgan fingerprint density at radius 3 is 2.21 bits per heavy atom. The highest BCUT2D eigenvalue weighted by Gasteiger charge is 2.19. The number of aromatic nitrogens is 2. The van der Waals surface area contributed by atoms with Gasteiger partial charge in [-0.1, -0.05) is 24.3 Å². The highest BCUT2D eigenvalue weighted by Crippen LogP contribution is 2.32. The van der Waals surface area contributed by atoms with Crippen LogP contribution in [0.25, 0.3) is 16.8 Å². The molecular weight excluding hydrogens is 459 g/mol. The van der Waals surface area contributed by atoms with Crippen LogP contribution in [0.4, 0.5) is 13.2 Å². The number of nitrogens with two attached hydrogens (primary N) is 1. The zero-order chi connectivity index (χ0) is 23.8. The van der Waals surface area contributed by atoms with Crippen LogP contribution in [0.5, 0.6) is 11.5 Å². The van der Waals surface area contributed by atoms with Crippen LogP contribution < -0.4 is 15.4 Å². The molecule has 4 aromatic rings. The molecule has 4 rings (SSSR count). The van der Waals surface area contributed by atoms with Crippen LogP contribution in [0, 0.1) is 17.5 Å². The van der Waals surface area contributed by atoms with Crippen molar-refractivity contribution in [1.82, 2.24) is 9.78 Å². The molecule has 168 valence electrons. The van der Waals surface area contributed by atoms with Crippen molar-refractivity contribution in [2.24, 2.45) is 5.14 Å². The molecule has 0 aliphatic rings. The molecule has 7 nitrogen and oxygen atoms in total. The van der Waals surface area contributed by atoms with Crippen LogP contribution in [-0.2, 0) is 10.0 Å². The van der Waals surface area contributed by atoms with Gasteiger partial charge >= 0.3 is 5.56 Å². The van der Waals surface area contributed by atoms with E-state index in [2.05, 4.69) is 5.10 Å². The summed E-state index contributed by atoms with van der Waals surface area (Å²) in [6, 6.07) is 13.3. The van der Waals surface area contributed by atoms with Crippen molar-refractivity contribution in [3.63, 3.8) is 0 Å². The molecule has 0 saturated carbocycles. The average Bonchev–Trinajstić information content (AvgIpc) is 2.78. The van der Waals surface area contributed by atoms with Gasteiger partial charge in [0.25, 0.3) is 0 Å². The maximum atomic E-state index is 14.2. The SMILES string of the molecule is NS(=O)(=O)c1ccc(-c2cnn(-c3ccc(F)c(F)c3)c(=O)c2Oc2ccccc2F)cc1. The highest BCUT2D eigenvalue weighted by molar-refractivity contribution is 7.89. The van der Waals surface area contributed by atoms with Gasteiger partial charge in [-0.25, -0.2) is 26.7 Å². The summed E-state index contributed by atoms with van der Waals surface area (Å²) < 4.78 is 70.7. The van der Waals surface area contributed by atoms with E-state index >= 15 is 0 Å². The summed E-state index contributed by atoms with van der Waals surface area (Å²) in [6.45, 7) is 0. The molecule has 0 saturated heterocycles. The van der Waals surface area contributed by atoms with E-state index in [0.717, 1.165) is 28.9 Å². The molecule has 0 aliphatic carbocycles. The normalized spacial score (nSPS) is 11.4. The number of nitrogens with zero attached hydrogens (tertiary/aromatic N) is 2. The van der Waals surface area contributed by atoms with E-state index in [1.807, 2.05) is 0 Å². The van der Waals surface area contributed by atoms with Gasteiger partial charge in [-0.3, -0.25) is 4.79 Å². The maximum absolute atomic E-state index is 14.2. The van der Waals surface area contributed by atoms with Gasteiger partial charge in [-0.05, 0) is 42.0 Å². The molecule has 0 unspecified atom stereocenters. The van der Waals surface area contributed by atoms with E-state index in [1.54, 1.807) is 0 Å². The van der Waals surface area contributed by atoms with Gasteiger partial charge in [0.15, 0.2) is 23.2 Å². The Kier molecular flexibility index (Phi) is 5.75. The first-order chi connectivity index (χ1) is 15.6. The number of hydrogen-bond donors (Lipinski definition) is 1. The monoisotopic (exact) mass is 473 g/mol. The van der Waals surface area contributed by atoms with E-state index in [-0.39, 0.29) is 27.6 Å². The fourth-order valence-corrected chi connectivity index (χ4v) is 3.52. The van der Waals surface area contributed by atoms with Crippen LogP contribution in [-0.4, -0.2) is 18.2 Å². The lowest BCUT2D eigenvalue weighted by atomic mass is 10.1. The van der Waals surface area contributed by atoms with E-state index in [0.29, 0.717) is 5.56 Å². The van der Waals surface area contributed by atoms with Gasteiger partial charge in [-0.15, -0.1) is 0 Å². The molecular formula is C22H14F3N3O4S. The summed E-state index contributed by atoms with van der Waals surface area (Å²) in [5.74, 6) is -3.69. The lowest BCUT2D eigenvalue weighted by Gasteiger charge is -2.14. The molecule has 1 aromatic heterocycles. The fourth-order valence-electron chi connectivity index (χ4n) is 3.00. The van der Waals surface area contributed by atoms with Crippen molar-refractivity contribution in [1.29, 1.82) is 0 Å². The number of para-hydroxylation sites is 1. The van der Waals surface area contributed by atoms with E-state index in [4.69, 9.17) is 9.88 Å². The maximum Gasteiger partial charge on any atom is 0.315 e. The second-order valence-corrected chi connectivity index (χ2v) is 8.37. The molecule has 0 radical (unpaired) electrons. The van der Waals surface area contributed by atoms with Crippen molar-refractivity contribution in [3.8, 4) is 28.3 Å². The van der Waals surface area contributed by atoms with Crippen LogP contribution in [0.3, 0.4) is 0 Å². The fraction of sp³-hybridized carbons (Fsp3) is 0. The standard InChI is InChI=1S/C22H14F3N3O4S/c23-17-10-7-14(11-19(17)25)28-22(29)21(32-20-4-2-1-3-18(20)24)16(12-27-28)13-5-8-15(9-6-13)33(26,30)31/h1-12H,(H2,26,30,31). The summed E-state index contributed by atoms with van der Waals surface area (Å²) in [5.41, 5.74) is -0.565. The van der Waals surface area contributed by atoms with Crippen LogP contribution in [0.1, 0.15) is 0 Å². The summed E-state index contributed by atoms with van der Waals surface area (Å²) in [5, 5.41) is 9.10. The van der Waals surface area contributed by atoms with Crippen LogP contribution >= 0.6 is 0 Å². The predicted octanol–water partition coefficient (Wildman–Crippen LogP) is 3.76. The molecule has 0 atom stereocenters. The highest BCUT2D eigenvalue weighted by atomic mass is 32.2. The number of primary sulfonamides is 1. The van der Waals surface area contributed by atoms with Gasteiger partial charge in [0.2, 0.25) is 15.8 Å². The Balaban J connectivity index is 1.91. The van der Waals surface area contributed by atoms with Gasteiger partial charge < -0.3 is 4.74 Å². The quantitative estimate of drug-likeness (QED) is 0.475. The summed E-state index contributed by atoms with van der Waals surface area (Å²) in [4.78, 5) is 13.1. The lowest BCUT2D eigenvalue weighted by Crippen LogP contribution is -2.23. The Morgan fingerprint density at radius 1 is 0.879 bits per heavy atom. The Labute approximate surface area is 185 Å². The zero-order valence-corrected chi connectivity index (χ0v) is 17.4. The predicted molar refractivity (Wildman–Crippen MR) is 113 cm³/mol. The topological polar surface area (TPSA) is 104 Å². The molecule has 33 heavy (non-hydrogen) atoms. The number of hydrogen-bond acceptors (Lipinski definition) is 5. The zero-order valence-electron chi connectivity index (χ0n) is 16.6. The third kappa shape index (κ3) is 4.49. The average molecular weight is 473 g/mol. The molecule has 2 N–H and O–H groups in total. The molecule has 0 amide bonds. The largest absolute Gasteiger partial charge is 0.448 e. The van der Waals surface area contributed by atoms with Crippen molar-refractivity contribution in [2.45, 2.75) is 4.90 Å². The first kappa shape index (κ1) is 22.2. The van der Waals surface area contributed by atoms with Crippen molar-refractivity contribution < 1.29 is 26.3 Å². The molecule has 1 heterocycles. The summed E-state index contributed by atoms with van der Waals surface area (Å²) in [7, 11) is -3.95. The minimum absolute atomic E-state index is 0.0894. The molecule has 0 fully saturated rings. The summed E-state index contributed by atoms with van der Waals surface area (Å²) in [6.07, 6.45) is 1.20. The number of benzene rings is 3. The number of rotatable bonds is 5. The van der Waals surface area contributed by atoms with E-state index in [9.17, 15) is 26.4 Å². The van der Waals surface area contributed by atoms with Crippen molar-refractivity contribution in [3.05, 3.63) is 101 Å². The Hall–Kier alpha value is -3.96. The van der Waals surface area contributed by atoms with Gasteiger partial charge in [0.1, 0.15) is 0 Å².